The van der Waals surface area contributed by atoms with E-state index in [-0.39, 0.29) is 6.10 Å². The van der Waals surface area contributed by atoms with Gasteiger partial charge in [0.05, 0.1) is 6.10 Å². The van der Waals surface area contributed by atoms with Crippen LogP contribution in [0.3, 0.4) is 0 Å². The maximum absolute atomic E-state index is 9.75. The van der Waals surface area contributed by atoms with Crippen molar-refractivity contribution in [3.8, 4) is 5.75 Å². The fraction of sp³-hybridized carbons (Fsp3) is 0.429. The number of aromatic nitrogens is 1. The Morgan fingerprint density at radius 2 is 2.33 bits per heavy atom. The SMILES string of the molecule is NCCOc1ccc2c3c([nH]c2c1)CCC(O)C3. The maximum Gasteiger partial charge on any atom is 0.121 e. The van der Waals surface area contributed by atoms with Crippen molar-refractivity contribution in [3.63, 3.8) is 0 Å². The van der Waals surface area contributed by atoms with Gasteiger partial charge < -0.3 is 20.6 Å². The van der Waals surface area contributed by atoms with Crippen LogP contribution >= 0.6 is 0 Å². The van der Waals surface area contributed by atoms with Crippen LogP contribution in [0, 0.1) is 0 Å². The molecule has 96 valence electrons. The average molecular weight is 246 g/mol. The molecular weight excluding hydrogens is 228 g/mol. The number of hydrogen-bond acceptors (Lipinski definition) is 3. The van der Waals surface area contributed by atoms with E-state index in [0.717, 1.165) is 30.5 Å². The van der Waals surface area contributed by atoms with E-state index in [4.69, 9.17) is 10.5 Å². The number of hydrogen-bond donors (Lipinski definition) is 3. The number of aryl methyl sites for hydroxylation is 1. The van der Waals surface area contributed by atoms with Crippen LogP contribution in [0.15, 0.2) is 18.2 Å². The minimum atomic E-state index is -0.204. The third kappa shape index (κ3) is 1.98. The minimum absolute atomic E-state index is 0.204. The van der Waals surface area contributed by atoms with Crippen LogP contribution in [-0.2, 0) is 12.8 Å². The van der Waals surface area contributed by atoms with Crippen molar-refractivity contribution >= 4 is 10.9 Å². The lowest BCUT2D eigenvalue weighted by Gasteiger charge is -2.17. The van der Waals surface area contributed by atoms with Gasteiger partial charge in [-0.05, 0) is 30.5 Å². The highest BCUT2D eigenvalue weighted by Gasteiger charge is 2.20. The highest BCUT2D eigenvalue weighted by atomic mass is 16.5. The van der Waals surface area contributed by atoms with Gasteiger partial charge in [-0.1, -0.05) is 0 Å². The van der Waals surface area contributed by atoms with Crippen LogP contribution in [0.4, 0.5) is 0 Å². The molecule has 1 aromatic heterocycles. The Balaban J connectivity index is 1.98. The monoisotopic (exact) mass is 246 g/mol. The second-order valence-electron chi connectivity index (χ2n) is 4.82. The van der Waals surface area contributed by atoms with Gasteiger partial charge in [0.2, 0.25) is 0 Å². The molecule has 1 aromatic carbocycles. The standard InChI is InChI=1S/C14H18N2O2/c15-5-6-18-10-2-3-11-12-7-9(17)1-4-13(12)16-14(11)8-10/h2-3,8-9,16-17H,1,4-7,15H2. The molecule has 0 radical (unpaired) electrons. The van der Waals surface area contributed by atoms with Crippen molar-refractivity contribution in [1.29, 1.82) is 0 Å². The number of aliphatic hydroxyl groups excluding tert-OH is 1. The molecule has 0 amide bonds. The summed E-state index contributed by atoms with van der Waals surface area (Å²) in [4.78, 5) is 3.43. The molecule has 3 rings (SSSR count). The van der Waals surface area contributed by atoms with Crippen LogP contribution in [0.5, 0.6) is 5.75 Å². The van der Waals surface area contributed by atoms with E-state index in [1.165, 1.54) is 16.6 Å². The van der Waals surface area contributed by atoms with Gasteiger partial charge in [0.25, 0.3) is 0 Å². The van der Waals surface area contributed by atoms with Crippen LogP contribution in [-0.4, -0.2) is 29.3 Å². The molecule has 4 heteroatoms. The van der Waals surface area contributed by atoms with Gasteiger partial charge in [-0.3, -0.25) is 0 Å². The largest absolute Gasteiger partial charge is 0.492 e. The van der Waals surface area contributed by atoms with Gasteiger partial charge >= 0.3 is 0 Å². The molecular formula is C14H18N2O2. The molecule has 0 fully saturated rings. The quantitative estimate of drug-likeness (QED) is 0.765. The number of aromatic amines is 1. The first-order chi connectivity index (χ1) is 8.78. The lowest BCUT2D eigenvalue weighted by molar-refractivity contribution is 0.158. The van der Waals surface area contributed by atoms with Gasteiger partial charge in [-0.15, -0.1) is 0 Å². The van der Waals surface area contributed by atoms with Gasteiger partial charge in [0.1, 0.15) is 12.4 Å². The second-order valence-corrected chi connectivity index (χ2v) is 4.82. The van der Waals surface area contributed by atoms with Crippen molar-refractivity contribution < 1.29 is 9.84 Å². The van der Waals surface area contributed by atoms with Gasteiger partial charge in [0.15, 0.2) is 0 Å². The van der Waals surface area contributed by atoms with Crippen LogP contribution in [0.1, 0.15) is 17.7 Å². The van der Waals surface area contributed by atoms with Gasteiger partial charge in [0, 0.05) is 35.6 Å². The summed E-state index contributed by atoms with van der Waals surface area (Å²) in [6.07, 6.45) is 2.31. The van der Waals surface area contributed by atoms with E-state index < -0.39 is 0 Å². The number of ether oxygens (including phenoxy) is 1. The molecule has 0 saturated carbocycles. The molecule has 1 atom stereocenters. The molecule has 1 unspecified atom stereocenters. The molecule has 1 aliphatic carbocycles. The molecule has 4 nitrogen and oxygen atoms in total. The average Bonchev–Trinajstić information content (AvgIpc) is 2.73. The highest BCUT2D eigenvalue weighted by molar-refractivity contribution is 5.86. The topological polar surface area (TPSA) is 71.3 Å². The predicted molar refractivity (Wildman–Crippen MR) is 70.9 cm³/mol. The summed E-state index contributed by atoms with van der Waals surface area (Å²) in [7, 11) is 0. The molecule has 0 spiro atoms. The van der Waals surface area contributed by atoms with Crippen LogP contribution < -0.4 is 10.5 Å². The van der Waals surface area contributed by atoms with Crippen molar-refractivity contribution in [2.75, 3.05) is 13.2 Å². The van der Waals surface area contributed by atoms with E-state index in [9.17, 15) is 5.11 Å². The summed E-state index contributed by atoms with van der Waals surface area (Å²) >= 11 is 0. The molecule has 0 aliphatic heterocycles. The van der Waals surface area contributed by atoms with Crippen LogP contribution in [0.25, 0.3) is 10.9 Å². The van der Waals surface area contributed by atoms with Crippen molar-refractivity contribution in [1.82, 2.24) is 4.98 Å². The molecule has 0 saturated heterocycles. The maximum atomic E-state index is 9.75. The third-order valence-corrected chi connectivity index (χ3v) is 3.52. The first-order valence-electron chi connectivity index (χ1n) is 6.42. The van der Waals surface area contributed by atoms with Crippen molar-refractivity contribution in [2.24, 2.45) is 5.73 Å². The fourth-order valence-electron chi connectivity index (χ4n) is 2.65. The molecule has 1 heterocycles. The Morgan fingerprint density at radius 3 is 3.17 bits per heavy atom. The van der Waals surface area contributed by atoms with E-state index in [1.54, 1.807) is 0 Å². The lowest BCUT2D eigenvalue weighted by atomic mass is 9.93. The van der Waals surface area contributed by atoms with Gasteiger partial charge in [-0.25, -0.2) is 0 Å². The molecule has 18 heavy (non-hydrogen) atoms. The number of benzene rings is 1. The number of rotatable bonds is 3. The van der Waals surface area contributed by atoms with E-state index >= 15 is 0 Å². The minimum Gasteiger partial charge on any atom is -0.492 e. The fourth-order valence-corrected chi connectivity index (χ4v) is 2.65. The zero-order valence-electron chi connectivity index (χ0n) is 10.3. The summed E-state index contributed by atoms with van der Waals surface area (Å²) in [5, 5.41) is 11.0. The summed E-state index contributed by atoms with van der Waals surface area (Å²) in [5.74, 6) is 0.840. The van der Waals surface area contributed by atoms with E-state index in [2.05, 4.69) is 11.1 Å². The summed E-state index contributed by atoms with van der Waals surface area (Å²) in [6.45, 7) is 1.05. The summed E-state index contributed by atoms with van der Waals surface area (Å²) in [6, 6.07) is 6.04. The molecule has 4 N–H and O–H groups in total. The predicted octanol–water partition coefficient (Wildman–Crippen LogP) is 1.35. The summed E-state index contributed by atoms with van der Waals surface area (Å²) < 4.78 is 5.52. The Kier molecular flexibility index (Phi) is 2.97. The number of nitrogens with two attached hydrogens (primary N) is 1. The third-order valence-electron chi connectivity index (χ3n) is 3.52. The van der Waals surface area contributed by atoms with Crippen molar-refractivity contribution in [2.45, 2.75) is 25.4 Å². The first-order valence-corrected chi connectivity index (χ1v) is 6.42. The first kappa shape index (κ1) is 11.6. The second kappa shape index (κ2) is 4.63. The Morgan fingerprint density at radius 1 is 1.44 bits per heavy atom. The zero-order valence-corrected chi connectivity index (χ0v) is 10.3. The number of H-pyrrole nitrogens is 1. The molecule has 2 aromatic rings. The normalized spacial score (nSPS) is 18.9. The number of nitrogens with one attached hydrogen (secondary N) is 1. The molecule has 0 bridgehead atoms. The summed E-state index contributed by atoms with van der Waals surface area (Å²) in [5.41, 5.74) is 9.02. The zero-order chi connectivity index (χ0) is 12.5. The highest BCUT2D eigenvalue weighted by Crippen LogP contribution is 2.31. The van der Waals surface area contributed by atoms with Crippen LogP contribution in [0.2, 0.25) is 0 Å². The number of aliphatic hydroxyl groups is 1. The Hall–Kier alpha value is -1.52. The number of fused-ring (bicyclic) bond motifs is 3. The van der Waals surface area contributed by atoms with Gasteiger partial charge in [-0.2, -0.15) is 0 Å². The van der Waals surface area contributed by atoms with E-state index in [1.807, 2.05) is 12.1 Å². The lowest BCUT2D eigenvalue weighted by Crippen LogP contribution is -2.17. The smallest absolute Gasteiger partial charge is 0.121 e. The van der Waals surface area contributed by atoms with E-state index in [0.29, 0.717) is 13.2 Å². The molecule has 1 aliphatic rings. The van der Waals surface area contributed by atoms with Crippen molar-refractivity contribution in [3.05, 3.63) is 29.5 Å². The Labute approximate surface area is 106 Å². The Bertz CT molecular complexity index is 562.